The van der Waals surface area contributed by atoms with Crippen LogP contribution in [0.3, 0.4) is 0 Å². The van der Waals surface area contributed by atoms with Gasteiger partial charge in [0.1, 0.15) is 12.1 Å². The van der Waals surface area contributed by atoms with Crippen LogP contribution in [-0.4, -0.2) is 48.0 Å². The normalized spacial score (nSPS) is 20.6. The summed E-state index contributed by atoms with van der Waals surface area (Å²) in [5.74, 6) is 0.227. The molecule has 1 fully saturated rings. The first kappa shape index (κ1) is 20.4. The Bertz CT molecular complexity index is 894. The molecule has 152 valence electrons. The fraction of sp³-hybridized carbons (Fsp3) is 0.391. The molecule has 2 aromatic carbocycles. The number of nitrogens with zero attached hydrogens (tertiary/aromatic N) is 2. The predicted molar refractivity (Wildman–Crippen MR) is 113 cm³/mol. The van der Waals surface area contributed by atoms with E-state index in [9.17, 15) is 14.0 Å². The highest BCUT2D eigenvalue weighted by atomic mass is 79.9. The molecule has 0 spiro atoms. The van der Waals surface area contributed by atoms with Crippen LogP contribution in [-0.2, 0) is 11.3 Å². The minimum absolute atomic E-state index is 0.0324. The molecule has 1 unspecified atom stereocenters. The Morgan fingerprint density at radius 3 is 2.55 bits per heavy atom. The Labute approximate surface area is 178 Å². The molecule has 0 aliphatic carbocycles. The zero-order valence-electron chi connectivity index (χ0n) is 16.2. The molecule has 4 rings (SSSR count). The molecular formula is C23H24BrFN2O2. The van der Waals surface area contributed by atoms with Crippen LogP contribution >= 0.6 is 15.9 Å². The van der Waals surface area contributed by atoms with E-state index >= 15 is 0 Å². The van der Waals surface area contributed by atoms with E-state index in [0.717, 1.165) is 55.3 Å². The van der Waals surface area contributed by atoms with Crippen molar-refractivity contribution in [2.24, 2.45) is 5.92 Å². The van der Waals surface area contributed by atoms with Gasteiger partial charge in [0.2, 0.25) is 0 Å². The van der Waals surface area contributed by atoms with Crippen LogP contribution in [0.1, 0.15) is 40.4 Å². The summed E-state index contributed by atoms with van der Waals surface area (Å²) in [6.07, 6.45) is 3.08. The Hall–Kier alpha value is -1.89. The molecule has 0 aromatic heterocycles. The monoisotopic (exact) mass is 458 g/mol. The largest absolute Gasteiger partial charge is 0.301 e. The summed E-state index contributed by atoms with van der Waals surface area (Å²) < 4.78 is 14.0. The first-order valence-corrected chi connectivity index (χ1v) is 10.8. The van der Waals surface area contributed by atoms with E-state index < -0.39 is 0 Å². The lowest BCUT2D eigenvalue weighted by molar-refractivity contribution is -0.112. The van der Waals surface area contributed by atoms with Gasteiger partial charge in [0.15, 0.2) is 5.78 Å². The lowest BCUT2D eigenvalue weighted by Gasteiger charge is -2.34. The van der Waals surface area contributed by atoms with E-state index in [-0.39, 0.29) is 17.6 Å². The van der Waals surface area contributed by atoms with Gasteiger partial charge in [-0.3, -0.25) is 14.6 Å². The van der Waals surface area contributed by atoms with Crippen molar-refractivity contribution in [2.45, 2.75) is 25.4 Å². The number of carbonyl (C=O) groups excluding carboxylic acids is 2. The number of carbonyl (C=O) groups is 2. The molecule has 1 atom stereocenters. The number of piperidine rings is 1. The molecule has 1 saturated heterocycles. The number of rotatable bonds is 6. The molecule has 2 aliphatic heterocycles. The van der Waals surface area contributed by atoms with Gasteiger partial charge in [-0.15, -0.1) is 0 Å². The molecule has 6 heteroatoms. The average molecular weight is 459 g/mol. The first-order valence-electron chi connectivity index (χ1n) is 10.0. The van der Waals surface area contributed by atoms with E-state index in [2.05, 4.69) is 37.9 Å². The van der Waals surface area contributed by atoms with E-state index in [1.807, 2.05) is 6.07 Å². The Morgan fingerprint density at radius 2 is 1.86 bits per heavy atom. The molecule has 4 nitrogen and oxygen atoms in total. The number of benzene rings is 2. The maximum absolute atomic E-state index is 13.0. The number of likely N-dealkylation sites (tertiary alicyclic amines) is 1. The van der Waals surface area contributed by atoms with Crippen LogP contribution in [0.25, 0.3) is 0 Å². The van der Waals surface area contributed by atoms with Gasteiger partial charge in [0, 0.05) is 23.1 Å². The summed E-state index contributed by atoms with van der Waals surface area (Å²) >= 11 is 3.50. The summed E-state index contributed by atoms with van der Waals surface area (Å²) in [5.41, 5.74) is 2.90. The second-order valence-corrected chi connectivity index (χ2v) is 8.92. The third kappa shape index (κ3) is 4.65. The molecule has 2 aliphatic rings. The third-order valence-corrected chi connectivity index (χ3v) is 6.55. The minimum atomic E-state index is -0.326. The molecule has 0 saturated carbocycles. The van der Waals surface area contributed by atoms with Crippen LogP contribution in [0.2, 0.25) is 0 Å². The van der Waals surface area contributed by atoms with E-state index in [0.29, 0.717) is 18.0 Å². The van der Waals surface area contributed by atoms with Crippen molar-refractivity contribution in [3.8, 4) is 0 Å². The molecule has 0 radical (unpaired) electrons. The average Bonchev–Trinajstić information content (AvgIpc) is 3.06. The predicted octanol–water partition coefficient (Wildman–Crippen LogP) is 4.24. The van der Waals surface area contributed by atoms with Crippen molar-refractivity contribution in [3.05, 3.63) is 69.4 Å². The minimum Gasteiger partial charge on any atom is -0.301 e. The van der Waals surface area contributed by atoms with Gasteiger partial charge in [-0.2, -0.15) is 0 Å². The van der Waals surface area contributed by atoms with E-state index in [1.54, 1.807) is 12.1 Å². The maximum atomic E-state index is 13.0. The number of halogens is 2. The van der Waals surface area contributed by atoms with Crippen LogP contribution in [0.5, 0.6) is 0 Å². The maximum Gasteiger partial charge on any atom is 0.176 e. The van der Waals surface area contributed by atoms with Crippen molar-refractivity contribution in [1.29, 1.82) is 0 Å². The number of hydrogen-bond acceptors (Lipinski definition) is 4. The number of fused-ring (bicyclic) bond motifs is 1. The van der Waals surface area contributed by atoms with Crippen molar-refractivity contribution >= 4 is 28.0 Å². The van der Waals surface area contributed by atoms with Crippen LogP contribution in [0, 0.1) is 11.7 Å². The summed E-state index contributed by atoms with van der Waals surface area (Å²) in [6.45, 7) is 3.83. The van der Waals surface area contributed by atoms with Gasteiger partial charge in [0.25, 0.3) is 0 Å². The highest BCUT2D eigenvalue weighted by molar-refractivity contribution is 9.10. The smallest absolute Gasteiger partial charge is 0.176 e. The molecule has 0 N–H and O–H groups in total. The number of Topliss-reactive ketones (excluding diaryl/α,β-unsaturated/α-hetero) is 1. The summed E-state index contributed by atoms with van der Waals surface area (Å²) in [7, 11) is 0. The molecule has 29 heavy (non-hydrogen) atoms. The lowest BCUT2D eigenvalue weighted by atomic mass is 9.95. The van der Waals surface area contributed by atoms with E-state index in [1.165, 1.54) is 17.7 Å². The van der Waals surface area contributed by atoms with Crippen molar-refractivity contribution in [2.75, 3.05) is 26.2 Å². The summed E-state index contributed by atoms with van der Waals surface area (Å²) in [4.78, 5) is 28.6. The SMILES string of the molecule is O=CC1c2cc(Br)ccc2CN1CC1CCN(CC(=O)c2ccc(F)cc2)CC1. The topological polar surface area (TPSA) is 40.6 Å². The fourth-order valence-electron chi connectivity index (χ4n) is 4.43. The number of ketones is 1. The molecular weight excluding hydrogens is 435 g/mol. The Balaban J connectivity index is 1.29. The first-order chi connectivity index (χ1) is 14.0. The van der Waals surface area contributed by atoms with Crippen molar-refractivity contribution in [3.63, 3.8) is 0 Å². The second-order valence-electron chi connectivity index (χ2n) is 8.00. The summed E-state index contributed by atoms with van der Waals surface area (Å²) in [5, 5.41) is 0. The molecule has 2 aromatic rings. The summed E-state index contributed by atoms with van der Waals surface area (Å²) in [6, 6.07) is 11.8. The molecule has 2 heterocycles. The van der Waals surface area contributed by atoms with E-state index in [4.69, 9.17) is 0 Å². The Kier molecular flexibility index (Phi) is 6.23. The number of aldehydes is 1. The van der Waals surface area contributed by atoms with Crippen LogP contribution in [0.15, 0.2) is 46.9 Å². The van der Waals surface area contributed by atoms with Gasteiger partial charge in [-0.05, 0) is 79.4 Å². The number of hydrogen-bond donors (Lipinski definition) is 0. The van der Waals surface area contributed by atoms with Gasteiger partial charge in [-0.25, -0.2) is 4.39 Å². The van der Waals surface area contributed by atoms with Crippen molar-refractivity contribution in [1.82, 2.24) is 9.80 Å². The second kappa shape index (κ2) is 8.86. The van der Waals surface area contributed by atoms with Gasteiger partial charge >= 0.3 is 0 Å². The quantitative estimate of drug-likeness (QED) is 0.479. The third-order valence-electron chi connectivity index (χ3n) is 6.06. The molecule has 0 amide bonds. The van der Waals surface area contributed by atoms with Crippen molar-refractivity contribution < 1.29 is 14.0 Å². The van der Waals surface area contributed by atoms with Gasteiger partial charge < -0.3 is 4.79 Å². The van der Waals surface area contributed by atoms with Gasteiger partial charge in [0.05, 0.1) is 12.6 Å². The fourth-order valence-corrected chi connectivity index (χ4v) is 4.80. The standard InChI is InChI=1S/C23H24BrFN2O2/c24-19-4-1-18-13-27(22(15-28)21(18)11-19)12-16-7-9-26(10-8-16)14-23(29)17-2-5-20(25)6-3-17/h1-6,11,15-16,22H,7-10,12-14H2. The van der Waals surface area contributed by atoms with Crippen LogP contribution < -0.4 is 0 Å². The zero-order valence-corrected chi connectivity index (χ0v) is 17.8. The van der Waals surface area contributed by atoms with Gasteiger partial charge in [-0.1, -0.05) is 22.0 Å². The zero-order chi connectivity index (χ0) is 20.4. The lowest BCUT2D eigenvalue weighted by Crippen LogP contribution is -2.40. The Morgan fingerprint density at radius 1 is 1.14 bits per heavy atom. The van der Waals surface area contributed by atoms with Crippen LogP contribution in [0.4, 0.5) is 4.39 Å². The molecule has 0 bridgehead atoms. The highest BCUT2D eigenvalue weighted by Crippen LogP contribution is 2.35. The highest BCUT2D eigenvalue weighted by Gasteiger charge is 2.32.